The number of rotatable bonds is 7. The molecule has 1 aromatic rings. The Bertz CT molecular complexity index is 462. The Labute approximate surface area is 120 Å². The van der Waals surface area contributed by atoms with Crippen molar-refractivity contribution >= 4 is 11.7 Å². The van der Waals surface area contributed by atoms with Gasteiger partial charge in [0.05, 0.1) is 12.2 Å². The van der Waals surface area contributed by atoms with Crippen molar-refractivity contribution < 1.29 is 9.94 Å². The van der Waals surface area contributed by atoms with Crippen LogP contribution in [0.5, 0.6) is 0 Å². The molecule has 0 aliphatic rings. The van der Waals surface area contributed by atoms with E-state index in [4.69, 9.17) is 15.7 Å². The summed E-state index contributed by atoms with van der Waals surface area (Å²) >= 11 is 0. The van der Waals surface area contributed by atoms with Crippen LogP contribution in [0.15, 0.2) is 17.3 Å². The Kier molecular flexibility index (Phi) is 6.24. The molecule has 0 bridgehead atoms. The second-order valence-electron chi connectivity index (χ2n) is 4.75. The normalized spacial score (nSPS) is 13.3. The van der Waals surface area contributed by atoms with E-state index in [2.05, 4.69) is 28.9 Å². The SMILES string of the molecule is CCC(C)N(CCOC)c1nc(C)ccc1C(N)=NO. The zero-order chi connectivity index (χ0) is 15.1. The van der Waals surface area contributed by atoms with E-state index in [1.54, 1.807) is 7.11 Å². The smallest absolute Gasteiger partial charge is 0.173 e. The molecule has 20 heavy (non-hydrogen) atoms. The monoisotopic (exact) mass is 280 g/mol. The number of ether oxygens (including phenoxy) is 1. The number of oxime groups is 1. The van der Waals surface area contributed by atoms with Crippen molar-refractivity contribution in [1.29, 1.82) is 0 Å². The van der Waals surface area contributed by atoms with Crippen molar-refractivity contribution in [3.63, 3.8) is 0 Å². The molecule has 0 amide bonds. The first-order valence-electron chi connectivity index (χ1n) is 6.76. The molecule has 1 heterocycles. The number of amidine groups is 1. The van der Waals surface area contributed by atoms with Crippen molar-refractivity contribution in [2.45, 2.75) is 33.2 Å². The van der Waals surface area contributed by atoms with Gasteiger partial charge in [-0.15, -0.1) is 0 Å². The Hall–Kier alpha value is -1.82. The number of hydrogen-bond donors (Lipinski definition) is 2. The highest BCUT2D eigenvalue weighted by Gasteiger charge is 2.19. The molecule has 0 aliphatic heterocycles. The maximum atomic E-state index is 8.93. The summed E-state index contributed by atoms with van der Waals surface area (Å²) < 4.78 is 5.17. The second-order valence-corrected chi connectivity index (χ2v) is 4.75. The third-order valence-electron chi connectivity index (χ3n) is 3.33. The zero-order valence-electron chi connectivity index (χ0n) is 12.6. The summed E-state index contributed by atoms with van der Waals surface area (Å²) in [6, 6.07) is 3.96. The van der Waals surface area contributed by atoms with Crippen LogP contribution in [-0.4, -0.2) is 42.3 Å². The van der Waals surface area contributed by atoms with Gasteiger partial charge in [-0.25, -0.2) is 4.98 Å². The van der Waals surface area contributed by atoms with Crippen LogP contribution in [0.25, 0.3) is 0 Å². The highest BCUT2D eigenvalue weighted by atomic mass is 16.5. The Morgan fingerprint density at radius 2 is 2.25 bits per heavy atom. The van der Waals surface area contributed by atoms with Crippen LogP contribution in [-0.2, 0) is 4.74 Å². The van der Waals surface area contributed by atoms with Crippen LogP contribution < -0.4 is 10.6 Å². The zero-order valence-corrected chi connectivity index (χ0v) is 12.6. The number of aromatic nitrogens is 1. The lowest BCUT2D eigenvalue weighted by atomic mass is 10.1. The van der Waals surface area contributed by atoms with Crippen molar-refractivity contribution in [1.82, 2.24) is 4.98 Å². The number of methoxy groups -OCH3 is 1. The lowest BCUT2D eigenvalue weighted by molar-refractivity contribution is 0.203. The molecule has 1 rings (SSSR count). The van der Waals surface area contributed by atoms with E-state index < -0.39 is 0 Å². The fourth-order valence-corrected chi connectivity index (χ4v) is 1.96. The first-order valence-corrected chi connectivity index (χ1v) is 6.76. The van der Waals surface area contributed by atoms with E-state index >= 15 is 0 Å². The maximum Gasteiger partial charge on any atom is 0.173 e. The molecule has 0 spiro atoms. The Morgan fingerprint density at radius 3 is 2.80 bits per heavy atom. The quantitative estimate of drug-likeness (QED) is 0.344. The number of pyridine rings is 1. The largest absolute Gasteiger partial charge is 0.409 e. The number of nitrogens with two attached hydrogens (primary N) is 1. The summed E-state index contributed by atoms with van der Waals surface area (Å²) in [6.45, 7) is 7.45. The topological polar surface area (TPSA) is 84.0 Å². The first kappa shape index (κ1) is 16.2. The summed E-state index contributed by atoms with van der Waals surface area (Å²) in [4.78, 5) is 6.69. The van der Waals surface area contributed by atoms with Gasteiger partial charge in [-0.3, -0.25) is 0 Å². The number of nitrogens with zero attached hydrogens (tertiary/aromatic N) is 3. The predicted molar refractivity (Wildman–Crippen MR) is 80.5 cm³/mol. The van der Waals surface area contributed by atoms with Crippen LogP contribution in [0.3, 0.4) is 0 Å². The average molecular weight is 280 g/mol. The van der Waals surface area contributed by atoms with Crippen molar-refractivity contribution in [2.24, 2.45) is 10.9 Å². The van der Waals surface area contributed by atoms with Gasteiger partial charge < -0.3 is 20.6 Å². The van der Waals surface area contributed by atoms with E-state index in [1.165, 1.54) is 0 Å². The fourth-order valence-electron chi connectivity index (χ4n) is 1.96. The highest BCUT2D eigenvalue weighted by molar-refractivity contribution is 6.01. The van der Waals surface area contributed by atoms with Crippen LogP contribution in [0.1, 0.15) is 31.5 Å². The molecular formula is C14H24N4O2. The molecule has 0 saturated carbocycles. The fraction of sp³-hybridized carbons (Fsp3) is 0.571. The van der Waals surface area contributed by atoms with E-state index in [1.807, 2.05) is 19.1 Å². The Balaban J connectivity index is 3.25. The first-order chi connectivity index (χ1) is 9.54. The van der Waals surface area contributed by atoms with Crippen molar-refractivity contribution in [2.75, 3.05) is 25.2 Å². The molecule has 1 aromatic heterocycles. The maximum absolute atomic E-state index is 8.93. The van der Waals surface area contributed by atoms with Crippen molar-refractivity contribution in [3.05, 3.63) is 23.4 Å². The van der Waals surface area contributed by atoms with Gasteiger partial charge in [0.25, 0.3) is 0 Å². The summed E-state index contributed by atoms with van der Waals surface area (Å²) in [7, 11) is 1.67. The molecule has 0 aliphatic carbocycles. The summed E-state index contributed by atoms with van der Waals surface area (Å²) in [5.74, 6) is 0.796. The molecule has 0 fully saturated rings. The summed E-state index contributed by atoms with van der Waals surface area (Å²) in [5.41, 5.74) is 7.28. The standard InChI is InChI=1S/C14H24N4O2/c1-5-11(3)18(8-9-20-4)14-12(13(15)17-19)7-6-10(2)16-14/h6-7,11,19H,5,8-9H2,1-4H3,(H2,15,17). The minimum atomic E-state index is 0.0678. The van der Waals surface area contributed by atoms with E-state index in [0.717, 1.165) is 17.9 Å². The van der Waals surface area contributed by atoms with Gasteiger partial charge in [-0.05, 0) is 32.4 Å². The molecule has 6 heteroatoms. The summed E-state index contributed by atoms with van der Waals surface area (Å²) in [5, 5.41) is 12.0. The molecule has 0 saturated heterocycles. The van der Waals surface area contributed by atoms with Crippen LogP contribution in [0.2, 0.25) is 0 Å². The molecule has 112 valence electrons. The number of aryl methyl sites for hydroxylation is 1. The lowest BCUT2D eigenvalue weighted by Gasteiger charge is -2.31. The van der Waals surface area contributed by atoms with Gasteiger partial charge in [0.1, 0.15) is 5.82 Å². The Morgan fingerprint density at radius 1 is 1.55 bits per heavy atom. The average Bonchev–Trinajstić information content (AvgIpc) is 2.46. The minimum Gasteiger partial charge on any atom is -0.409 e. The van der Waals surface area contributed by atoms with Crippen molar-refractivity contribution in [3.8, 4) is 0 Å². The van der Waals surface area contributed by atoms with Crippen LogP contribution >= 0.6 is 0 Å². The van der Waals surface area contributed by atoms with Gasteiger partial charge in [-0.1, -0.05) is 12.1 Å². The molecular weight excluding hydrogens is 256 g/mol. The number of anilines is 1. The third kappa shape index (κ3) is 3.84. The van der Waals surface area contributed by atoms with E-state index in [-0.39, 0.29) is 11.9 Å². The third-order valence-corrected chi connectivity index (χ3v) is 3.33. The van der Waals surface area contributed by atoms with Gasteiger partial charge in [0, 0.05) is 25.4 Å². The molecule has 1 atom stereocenters. The second kappa shape index (κ2) is 7.69. The lowest BCUT2D eigenvalue weighted by Crippen LogP contribution is -2.38. The number of hydrogen-bond acceptors (Lipinski definition) is 5. The summed E-state index contributed by atoms with van der Waals surface area (Å²) in [6.07, 6.45) is 0.967. The molecule has 0 aromatic carbocycles. The molecule has 6 nitrogen and oxygen atoms in total. The minimum absolute atomic E-state index is 0.0678. The molecule has 3 N–H and O–H groups in total. The van der Waals surface area contributed by atoms with Gasteiger partial charge in [0.15, 0.2) is 5.84 Å². The van der Waals surface area contributed by atoms with Gasteiger partial charge in [0.2, 0.25) is 0 Å². The van der Waals surface area contributed by atoms with E-state index in [0.29, 0.717) is 18.7 Å². The molecule has 0 radical (unpaired) electrons. The molecule has 1 unspecified atom stereocenters. The van der Waals surface area contributed by atoms with Crippen LogP contribution in [0, 0.1) is 6.92 Å². The highest BCUT2D eigenvalue weighted by Crippen LogP contribution is 2.22. The van der Waals surface area contributed by atoms with Gasteiger partial charge >= 0.3 is 0 Å². The predicted octanol–water partition coefficient (Wildman–Crippen LogP) is 1.74. The van der Waals surface area contributed by atoms with Crippen LogP contribution in [0.4, 0.5) is 5.82 Å². The van der Waals surface area contributed by atoms with E-state index in [9.17, 15) is 0 Å². The van der Waals surface area contributed by atoms with Gasteiger partial charge in [-0.2, -0.15) is 0 Å².